The molecule has 2 aromatic heterocycles. The van der Waals surface area contributed by atoms with Crippen molar-refractivity contribution in [2.45, 2.75) is 59.3 Å². The fourth-order valence-electron chi connectivity index (χ4n) is 4.33. The van der Waals surface area contributed by atoms with Gasteiger partial charge in [0.2, 0.25) is 10.0 Å². The third-order valence-corrected chi connectivity index (χ3v) is 9.53. The predicted molar refractivity (Wildman–Crippen MR) is 121 cm³/mol. The van der Waals surface area contributed by atoms with Gasteiger partial charge >= 0.3 is 0 Å². The largest absolute Gasteiger partial charge is 0.353 e. The number of sulfonamides is 1. The fourth-order valence-corrected chi connectivity index (χ4v) is 6.80. The second kappa shape index (κ2) is 8.12. The van der Waals surface area contributed by atoms with Crippen LogP contribution in [0.25, 0.3) is 10.2 Å². The Morgan fingerprint density at radius 1 is 1.17 bits per heavy atom. The van der Waals surface area contributed by atoms with Crippen molar-refractivity contribution in [3.05, 3.63) is 16.3 Å². The molecule has 4 rings (SSSR count). The molecule has 0 aromatic carbocycles. The molecule has 1 aliphatic heterocycles. The van der Waals surface area contributed by atoms with Crippen molar-refractivity contribution in [3.8, 4) is 0 Å². The first-order valence-electron chi connectivity index (χ1n) is 10.9. The normalized spacial score (nSPS) is 22.1. The molecule has 3 heterocycles. The quantitative estimate of drug-likeness (QED) is 0.713. The third-order valence-electron chi connectivity index (χ3n) is 6.50. The average molecular weight is 437 g/mol. The topological polar surface area (TPSA) is 66.4 Å². The highest BCUT2D eigenvalue weighted by Crippen LogP contribution is 2.41. The molecule has 0 radical (unpaired) electrons. The molecular formula is C21H32N4O2S2. The van der Waals surface area contributed by atoms with Crippen molar-refractivity contribution in [2.24, 2.45) is 5.92 Å². The van der Waals surface area contributed by atoms with E-state index in [9.17, 15) is 8.42 Å². The van der Waals surface area contributed by atoms with E-state index in [-0.39, 0.29) is 5.75 Å². The van der Waals surface area contributed by atoms with Crippen molar-refractivity contribution in [1.29, 1.82) is 0 Å². The van der Waals surface area contributed by atoms with Crippen LogP contribution in [-0.2, 0) is 22.9 Å². The van der Waals surface area contributed by atoms with Gasteiger partial charge in [0, 0.05) is 37.0 Å². The Bertz CT molecular complexity index is 994. The summed E-state index contributed by atoms with van der Waals surface area (Å²) in [6.07, 6.45) is 4.46. The molecule has 1 saturated heterocycles. The summed E-state index contributed by atoms with van der Waals surface area (Å²) in [7, 11) is -3.13. The molecule has 2 atom stereocenters. The van der Waals surface area contributed by atoms with Gasteiger partial charge in [0.25, 0.3) is 0 Å². The molecule has 160 valence electrons. The summed E-state index contributed by atoms with van der Waals surface area (Å²) >= 11 is 1.85. The van der Waals surface area contributed by atoms with Gasteiger partial charge in [-0.25, -0.2) is 18.4 Å². The van der Waals surface area contributed by atoms with Gasteiger partial charge in [0.1, 0.15) is 16.5 Å². The van der Waals surface area contributed by atoms with Crippen LogP contribution in [0.2, 0.25) is 0 Å². The Hall–Kier alpha value is -1.25. The Morgan fingerprint density at radius 2 is 1.90 bits per heavy atom. The van der Waals surface area contributed by atoms with E-state index in [1.165, 1.54) is 22.2 Å². The van der Waals surface area contributed by atoms with Crippen LogP contribution in [0.1, 0.15) is 62.7 Å². The number of anilines is 1. The van der Waals surface area contributed by atoms with E-state index in [1.807, 2.05) is 11.3 Å². The molecule has 29 heavy (non-hydrogen) atoms. The van der Waals surface area contributed by atoms with Crippen LogP contribution in [0.15, 0.2) is 0 Å². The zero-order valence-corrected chi connectivity index (χ0v) is 19.6. The number of nitrogens with zero attached hydrogens (tertiary/aromatic N) is 4. The highest BCUT2D eigenvalue weighted by atomic mass is 32.2. The van der Waals surface area contributed by atoms with E-state index >= 15 is 0 Å². The van der Waals surface area contributed by atoms with E-state index in [1.54, 1.807) is 11.2 Å². The summed E-state index contributed by atoms with van der Waals surface area (Å²) in [4.78, 5) is 14.9. The molecule has 0 N–H and O–H groups in total. The Morgan fingerprint density at radius 3 is 2.55 bits per heavy atom. The molecule has 6 nitrogen and oxygen atoms in total. The van der Waals surface area contributed by atoms with E-state index in [0.717, 1.165) is 41.7 Å². The number of aromatic nitrogens is 2. The number of piperazine rings is 1. The van der Waals surface area contributed by atoms with Gasteiger partial charge in [0.15, 0.2) is 0 Å². The number of thiophene rings is 1. The summed E-state index contributed by atoms with van der Waals surface area (Å²) in [5, 5.41) is 1.23. The molecule has 8 heteroatoms. The van der Waals surface area contributed by atoms with Crippen LogP contribution >= 0.6 is 11.3 Å². The van der Waals surface area contributed by atoms with Gasteiger partial charge in [0.05, 0.1) is 11.1 Å². The maximum Gasteiger partial charge on any atom is 0.213 e. The predicted octanol–water partition coefficient (Wildman–Crippen LogP) is 3.80. The minimum Gasteiger partial charge on any atom is -0.353 e. The minimum absolute atomic E-state index is 0.166. The first-order chi connectivity index (χ1) is 13.8. The Kier molecular flexibility index (Phi) is 5.88. The Balaban J connectivity index is 1.74. The highest BCUT2D eigenvalue weighted by molar-refractivity contribution is 7.89. The van der Waals surface area contributed by atoms with Gasteiger partial charge in [-0.2, -0.15) is 4.31 Å². The summed E-state index contributed by atoms with van der Waals surface area (Å²) in [6, 6.07) is 0. The molecule has 0 bridgehead atoms. The number of hydrogen-bond acceptors (Lipinski definition) is 6. The molecule has 0 amide bonds. The lowest BCUT2D eigenvalue weighted by Gasteiger charge is -2.35. The molecule has 0 unspecified atom stereocenters. The number of hydrogen-bond donors (Lipinski definition) is 0. The van der Waals surface area contributed by atoms with Crippen molar-refractivity contribution in [2.75, 3.05) is 36.8 Å². The van der Waals surface area contributed by atoms with E-state index in [2.05, 4.69) is 25.7 Å². The second-order valence-electron chi connectivity index (χ2n) is 8.53. The molecule has 0 saturated carbocycles. The average Bonchev–Trinajstić information content (AvgIpc) is 3.09. The molecular weight excluding hydrogens is 404 g/mol. The monoisotopic (exact) mass is 436 g/mol. The SMILES string of the molecule is CC[C@H](C)c1nc(N2CCN(S(=O)(=O)CC)CC2)c2c3c(sc2n1)C[C@@H](C)CC3. The van der Waals surface area contributed by atoms with Crippen LogP contribution in [0.4, 0.5) is 5.82 Å². The van der Waals surface area contributed by atoms with Gasteiger partial charge in [-0.1, -0.05) is 20.8 Å². The van der Waals surface area contributed by atoms with Crippen molar-refractivity contribution in [1.82, 2.24) is 14.3 Å². The van der Waals surface area contributed by atoms with Crippen LogP contribution in [0.5, 0.6) is 0 Å². The fraction of sp³-hybridized carbons (Fsp3) is 0.714. The summed E-state index contributed by atoms with van der Waals surface area (Å²) < 4.78 is 26.1. The lowest BCUT2D eigenvalue weighted by molar-refractivity contribution is 0.384. The zero-order valence-electron chi connectivity index (χ0n) is 17.9. The number of rotatable bonds is 5. The number of fused-ring (bicyclic) bond motifs is 3. The maximum absolute atomic E-state index is 12.3. The standard InChI is InChI=1S/C21H32N4O2S2/c1-5-15(4)19-22-20(24-9-11-25(12-10-24)29(26,27)6-2)18-16-8-7-14(3)13-17(16)28-21(18)23-19/h14-15H,5-13H2,1-4H3/t14-,15-/m0/s1. The highest BCUT2D eigenvalue weighted by Gasteiger charge is 2.30. The molecule has 1 fully saturated rings. The van der Waals surface area contributed by atoms with Crippen molar-refractivity contribution >= 4 is 37.4 Å². The first-order valence-corrected chi connectivity index (χ1v) is 13.3. The van der Waals surface area contributed by atoms with Gasteiger partial charge in [-0.05, 0) is 44.1 Å². The first kappa shape index (κ1) is 21.0. The third kappa shape index (κ3) is 3.91. The maximum atomic E-state index is 12.3. The van der Waals surface area contributed by atoms with Crippen molar-refractivity contribution in [3.63, 3.8) is 0 Å². The van der Waals surface area contributed by atoms with E-state index < -0.39 is 10.0 Å². The second-order valence-corrected chi connectivity index (χ2v) is 11.9. The lowest BCUT2D eigenvalue weighted by Crippen LogP contribution is -2.49. The summed E-state index contributed by atoms with van der Waals surface area (Å²) in [5.41, 5.74) is 1.44. The smallest absolute Gasteiger partial charge is 0.213 e. The summed E-state index contributed by atoms with van der Waals surface area (Å²) in [5.74, 6) is 3.16. The molecule has 0 spiro atoms. The van der Waals surface area contributed by atoms with Crippen LogP contribution < -0.4 is 4.90 Å². The van der Waals surface area contributed by atoms with Crippen LogP contribution in [-0.4, -0.2) is 54.6 Å². The molecule has 2 aromatic rings. The lowest BCUT2D eigenvalue weighted by atomic mass is 9.89. The molecule has 1 aliphatic carbocycles. The molecule has 2 aliphatic rings. The minimum atomic E-state index is -3.13. The van der Waals surface area contributed by atoms with E-state index in [4.69, 9.17) is 9.97 Å². The van der Waals surface area contributed by atoms with Gasteiger partial charge in [-0.15, -0.1) is 11.3 Å². The van der Waals surface area contributed by atoms with Gasteiger partial charge in [-0.3, -0.25) is 0 Å². The Labute approximate surface area is 178 Å². The van der Waals surface area contributed by atoms with Crippen LogP contribution in [0.3, 0.4) is 0 Å². The zero-order chi connectivity index (χ0) is 20.8. The summed E-state index contributed by atoms with van der Waals surface area (Å²) in [6.45, 7) is 10.8. The van der Waals surface area contributed by atoms with Crippen LogP contribution in [0, 0.1) is 5.92 Å². The van der Waals surface area contributed by atoms with Gasteiger partial charge < -0.3 is 4.90 Å². The number of aryl methyl sites for hydroxylation is 1. The van der Waals surface area contributed by atoms with E-state index in [0.29, 0.717) is 32.1 Å². The van der Waals surface area contributed by atoms with Crippen molar-refractivity contribution < 1.29 is 8.42 Å².